The Morgan fingerprint density at radius 3 is 2.94 bits per heavy atom. The Labute approximate surface area is 121 Å². The molecule has 3 N–H and O–H groups in total. The van der Waals surface area contributed by atoms with Gasteiger partial charge in [-0.15, -0.1) is 11.3 Å². The number of aromatic nitrogens is 1. The number of hydrogen-bond donors (Lipinski definition) is 2. The largest absolute Gasteiger partial charge is 0.378 e. The molecule has 1 heterocycles. The van der Waals surface area contributed by atoms with Crippen LogP contribution in [0.15, 0.2) is 28.2 Å². The third-order valence-electron chi connectivity index (χ3n) is 2.22. The summed E-state index contributed by atoms with van der Waals surface area (Å²) in [6.07, 6.45) is 1.73. The van der Waals surface area contributed by atoms with Crippen molar-refractivity contribution in [1.82, 2.24) is 4.98 Å². The Hall–Kier alpha value is -1.11. The van der Waals surface area contributed by atoms with Gasteiger partial charge in [-0.05, 0) is 28.1 Å². The van der Waals surface area contributed by atoms with Crippen molar-refractivity contribution in [2.45, 2.75) is 6.54 Å². The van der Waals surface area contributed by atoms with Crippen LogP contribution >= 0.6 is 38.9 Å². The number of rotatable bonds is 4. The van der Waals surface area contributed by atoms with Gasteiger partial charge in [0.05, 0.1) is 27.1 Å². The van der Waals surface area contributed by atoms with E-state index in [0.717, 1.165) is 8.79 Å². The number of anilines is 1. The van der Waals surface area contributed by atoms with Gasteiger partial charge in [-0.2, -0.15) is 0 Å². The Kier molecular flexibility index (Phi) is 4.21. The fraction of sp³-hybridized carbons (Fsp3) is 0.0909. The van der Waals surface area contributed by atoms with Gasteiger partial charge in [0.15, 0.2) is 0 Å². The van der Waals surface area contributed by atoms with Crippen LogP contribution in [0.1, 0.15) is 15.4 Å². The average molecular weight is 347 g/mol. The maximum absolute atomic E-state index is 11.3. The lowest BCUT2D eigenvalue weighted by atomic mass is 10.1. The lowest BCUT2D eigenvalue weighted by Crippen LogP contribution is -2.15. The average Bonchev–Trinajstić information content (AvgIpc) is 2.72. The molecule has 0 saturated carbocycles. The molecule has 0 aliphatic carbocycles. The Morgan fingerprint density at radius 1 is 1.56 bits per heavy atom. The zero-order valence-corrected chi connectivity index (χ0v) is 12.3. The van der Waals surface area contributed by atoms with E-state index in [9.17, 15) is 4.79 Å². The Balaban J connectivity index is 2.19. The van der Waals surface area contributed by atoms with Crippen molar-refractivity contribution >= 4 is 50.5 Å². The first-order chi connectivity index (χ1) is 8.58. The summed E-state index contributed by atoms with van der Waals surface area (Å²) in [5.41, 5.74) is 6.22. The lowest BCUT2D eigenvalue weighted by molar-refractivity contribution is 0.100. The Morgan fingerprint density at radius 2 is 2.33 bits per heavy atom. The van der Waals surface area contributed by atoms with E-state index < -0.39 is 5.91 Å². The van der Waals surface area contributed by atoms with Crippen LogP contribution in [0, 0.1) is 0 Å². The van der Waals surface area contributed by atoms with Crippen LogP contribution in [0.4, 0.5) is 5.69 Å². The van der Waals surface area contributed by atoms with Crippen molar-refractivity contribution in [3.05, 3.63) is 43.8 Å². The summed E-state index contributed by atoms with van der Waals surface area (Å²) in [5.74, 6) is -0.552. The molecule has 1 amide bonds. The normalized spacial score (nSPS) is 10.3. The molecule has 0 fully saturated rings. The van der Waals surface area contributed by atoms with Crippen molar-refractivity contribution in [3.8, 4) is 0 Å². The van der Waals surface area contributed by atoms with Crippen LogP contribution in [-0.4, -0.2) is 10.9 Å². The van der Waals surface area contributed by atoms with Crippen LogP contribution in [0.2, 0.25) is 5.02 Å². The molecule has 7 heteroatoms. The lowest BCUT2D eigenvalue weighted by Gasteiger charge is -2.09. The molecule has 2 rings (SSSR count). The SMILES string of the molecule is NC(=O)c1c(Cl)cccc1NCc1ncc(Br)s1. The number of nitrogens with zero attached hydrogens (tertiary/aromatic N) is 1. The quantitative estimate of drug-likeness (QED) is 0.893. The minimum atomic E-state index is -0.552. The first-order valence-electron chi connectivity index (χ1n) is 5.00. The van der Waals surface area contributed by atoms with Crippen molar-refractivity contribution < 1.29 is 4.79 Å². The number of carbonyl (C=O) groups is 1. The predicted octanol–water partition coefficient (Wildman–Crippen LogP) is 3.27. The minimum Gasteiger partial charge on any atom is -0.378 e. The molecule has 0 aliphatic heterocycles. The first-order valence-corrected chi connectivity index (χ1v) is 6.99. The van der Waals surface area contributed by atoms with E-state index in [0.29, 0.717) is 22.8 Å². The van der Waals surface area contributed by atoms with Crippen LogP contribution < -0.4 is 11.1 Å². The van der Waals surface area contributed by atoms with Gasteiger partial charge >= 0.3 is 0 Å². The van der Waals surface area contributed by atoms with Gasteiger partial charge in [-0.3, -0.25) is 4.79 Å². The van der Waals surface area contributed by atoms with E-state index in [4.69, 9.17) is 17.3 Å². The highest BCUT2D eigenvalue weighted by Crippen LogP contribution is 2.25. The van der Waals surface area contributed by atoms with Crippen LogP contribution in [0.25, 0.3) is 0 Å². The standard InChI is InChI=1S/C11H9BrClN3OS/c12-8-4-16-9(18-8)5-15-7-3-1-2-6(13)10(7)11(14)17/h1-4,15H,5H2,(H2,14,17). The summed E-state index contributed by atoms with van der Waals surface area (Å²) >= 11 is 10.8. The van der Waals surface area contributed by atoms with Gasteiger partial charge in [0.2, 0.25) is 0 Å². The highest BCUT2D eigenvalue weighted by molar-refractivity contribution is 9.11. The molecule has 18 heavy (non-hydrogen) atoms. The third kappa shape index (κ3) is 3.01. The topological polar surface area (TPSA) is 68.0 Å². The highest BCUT2D eigenvalue weighted by atomic mass is 79.9. The number of hydrogen-bond acceptors (Lipinski definition) is 4. The molecule has 0 aliphatic rings. The van der Waals surface area contributed by atoms with Gasteiger partial charge in [0, 0.05) is 5.69 Å². The molecule has 1 aromatic carbocycles. The van der Waals surface area contributed by atoms with Gasteiger partial charge < -0.3 is 11.1 Å². The fourth-order valence-corrected chi connectivity index (χ4v) is 2.97. The molecule has 0 spiro atoms. The van der Waals surface area contributed by atoms with E-state index in [1.165, 1.54) is 11.3 Å². The molecular formula is C11H9BrClN3OS. The maximum atomic E-state index is 11.3. The van der Waals surface area contributed by atoms with E-state index in [2.05, 4.69) is 26.2 Å². The molecule has 0 atom stereocenters. The van der Waals surface area contributed by atoms with Gasteiger partial charge in [-0.1, -0.05) is 17.7 Å². The zero-order valence-electron chi connectivity index (χ0n) is 9.11. The van der Waals surface area contributed by atoms with Crippen molar-refractivity contribution in [3.63, 3.8) is 0 Å². The molecule has 0 bridgehead atoms. The second kappa shape index (κ2) is 5.69. The second-order valence-electron chi connectivity index (χ2n) is 3.44. The van der Waals surface area contributed by atoms with Crippen LogP contribution in [0.3, 0.4) is 0 Å². The number of nitrogens with one attached hydrogen (secondary N) is 1. The van der Waals surface area contributed by atoms with Gasteiger partial charge in [-0.25, -0.2) is 4.98 Å². The molecule has 2 aromatic rings. The molecular weight excluding hydrogens is 338 g/mol. The summed E-state index contributed by atoms with van der Waals surface area (Å²) in [6, 6.07) is 5.15. The summed E-state index contributed by atoms with van der Waals surface area (Å²) in [5, 5.41) is 4.35. The second-order valence-corrected chi connectivity index (χ2v) is 6.34. The van der Waals surface area contributed by atoms with Crippen molar-refractivity contribution in [1.29, 1.82) is 0 Å². The highest BCUT2D eigenvalue weighted by Gasteiger charge is 2.12. The van der Waals surface area contributed by atoms with E-state index in [1.807, 2.05) is 0 Å². The maximum Gasteiger partial charge on any atom is 0.252 e. The summed E-state index contributed by atoms with van der Waals surface area (Å²) in [7, 11) is 0. The summed E-state index contributed by atoms with van der Waals surface area (Å²) < 4.78 is 0.959. The van der Waals surface area contributed by atoms with Crippen LogP contribution in [-0.2, 0) is 6.54 Å². The number of nitrogens with two attached hydrogens (primary N) is 1. The van der Waals surface area contributed by atoms with E-state index >= 15 is 0 Å². The van der Waals surface area contributed by atoms with Crippen LogP contribution in [0.5, 0.6) is 0 Å². The first kappa shape index (κ1) is 13.3. The van der Waals surface area contributed by atoms with E-state index in [-0.39, 0.29) is 0 Å². The Bertz CT molecular complexity index is 587. The number of halogens is 2. The number of thiazole rings is 1. The molecule has 0 saturated heterocycles. The monoisotopic (exact) mass is 345 g/mol. The molecule has 0 radical (unpaired) electrons. The molecule has 1 aromatic heterocycles. The predicted molar refractivity (Wildman–Crippen MR) is 77.1 cm³/mol. The number of primary amides is 1. The molecule has 0 unspecified atom stereocenters. The summed E-state index contributed by atoms with van der Waals surface area (Å²) in [4.78, 5) is 15.5. The summed E-state index contributed by atoms with van der Waals surface area (Å²) in [6.45, 7) is 0.511. The van der Waals surface area contributed by atoms with Crippen molar-refractivity contribution in [2.75, 3.05) is 5.32 Å². The number of benzene rings is 1. The van der Waals surface area contributed by atoms with Crippen molar-refractivity contribution in [2.24, 2.45) is 5.73 Å². The molecule has 4 nitrogen and oxygen atoms in total. The zero-order chi connectivity index (χ0) is 13.1. The number of carbonyl (C=O) groups excluding carboxylic acids is 1. The fourth-order valence-electron chi connectivity index (χ4n) is 1.46. The number of amides is 1. The third-order valence-corrected chi connectivity index (χ3v) is 4.01. The minimum absolute atomic E-state index is 0.301. The van der Waals surface area contributed by atoms with E-state index in [1.54, 1.807) is 24.4 Å². The van der Waals surface area contributed by atoms with Gasteiger partial charge in [0.1, 0.15) is 5.01 Å². The molecule has 94 valence electrons. The van der Waals surface area contributed by atoms with Gasteiger partial charge in [0.25, 0.3) is 5.91 Å². The smallest absolute Gasteiger partial charge is 0.252 e.